The summed E-state index contributed by atoms with van der Waals surface area (Å²) in [7, 11) is 0. The molecule has 1 atom stereocenters. The van der Waals surface area contributed by atoms with Gasteiger partial charge in [-0.15, -0.1) is 0 Å². The Morgan fingerprint density at radius 3 is 2.32 bits per heavy atom. The molecule has 1 N–H and O–H groups in total. The summed E-state index contributed by atoms with van der Waals surface area (Å²) in [6, 6.07) is 8.42. The Bertz CT molecular complexity index is 456. The maximum Gasteiger partial charge on any atom is 0.308 e. The summed E-state index contributed by atoms with van der Waals surface area (Å²) in [6.07, 6.45) is -0.151. The predicted molar refractivity (Wildman–Crippen MR) is 69.1 cm³/mol. The molecular weight excluding hydrogens is 246 g/mol. The van der Waals surface area contributed by atoms with Crippen molar-refractivity contribution < 1.29 is 19.1 Å². The lowest BCUT2D eigenvalue weighted by atomic mass is 10.1. The zero-order chi connectivity index (χ0) is 14.3. The Morgan fingerprint density at radius 2 is 1.79 bits per heavy atom. The molecule has 1 amide bonds. The van der Waals surface area contributed by atoms with Crippen molar-refractivity contribution in [2.45, 2.75) is 32.9 Å². The lowest BCUT2D eigenvalue weighted by molar-refractivity contribution is -0.147. The zero-order valence-corrected chi connectivity index (χ0v) is 11.0. The topological polar surface area (TPSA) is 72.5 Å². The van der Waals surface area contributed by atoms with E-state index in [2.05, 4.69) is 5.32 Å². The van der Waals surface area contributed by atoms with Crippen molar-refractivity contribution in [2.75, 3.05) is 0 Å². The van der Waals surface area contributed by atoms with Crippen LogP contribution in [0, 0.1) is 0 Å². The van der Waals surface area contributed by atoms with Crippen molar-refractivity contribution in [1.29, 1.82) is 0 Å². The van der Waals surface area contributed by atoms with Gasteiger partial charge >= 0.3 is 5.97 Å². The minimum Gasteiger partial charge on any atom is -0.461 e. The number of hydrogen-bond donors (Lipinski definition) is 1. The van der Waals surface area contributed by atoms with E-state index < -0.39 is 12.0 Å². The first-order chi connectivity index (χ1) is 8.99. The number of carbonyl (C=O) groups excluding carboxylic acids is 3. The van der Waals surface area contributed by atoms with Gasteiger partial charge < -0.3 is 10.1 Å². The average molecular weight is 263 g/mol. The van der Waals surface area contributed by atoms with Crippen molar-refractivity contribution in [1.82, 2.24) is 5.32 Å². The van der Waals surface area contributed by atoms with Crippen LogP contribution in [0.3, 0.4) is 0 Å². The lowest BCUT2D eigenvalue weighted by Gasteiger charge is -2.13. The average Bonchev–Trinajstić information content (AvgIpc) is 2.36. The molecule has 5 heteroatoms. The first-order valence-corrected chi connectivity index (χ1v) is 5.96. The van der Waals surface area contributed by atoms with Gasteiger partial charge in [0.1, 0.15) is 6.61 Å². The Morgan fingerprint density at radius 1 is 1.16 bits per heavy atom. The lowest BCUT2D eigenvalue weighted by Crippen LogP contribution is -2.40. The fourth-order valence-electron chi connectivity index (χ4n) is 1.51. The Hall–Kier alpha value is -2.17. The number of benzene rings is 1. The number of esters is 1. The molecule has 1 unspecified atom stereocenters. The molecule has 0 aromatic heterocycles. The highest BCUT2D eigenvalue weighted by Crippen LogP contribution is 2.03. The monoisotopic (exact) mass is 263 g/mol. The summed E-state index contributed by atoms with van der Waals surface area (Å²) < 4.78 is 5.05. The van der Waals surface area contributed by atoms with E-state index in [1.165, 1.54) is 13.8 Å². The molecule has 5 nitrogen and oxygen atoms in total. The smallest absolute Gasteiger partial charge is 0.308 e. The quantitative estimate of drug-likeness (QED) is 0.783. The third kappa shape index (κ3) is 5.81. The van der Waals surface area contributed by atoms with Gasteiger partial charge in [0.25, 0.3) is 0 Å². The summed E-state index contributed by atoms with van der Waals surface area (Å²) in [5.74, 6) is -1.14. The molecule has 1 aromatic rings. The van der Waals surface area contributed by atoms with Crippen LogP contribution in [0.25, 0.3) is 0 Å². The molecule has 102 valence electrons. The van der Waals surface area contributed by atoms with Gasteiger partial charge in [0, 0.05) is 6.92 Å². The van der Waals surface area contributed by atoms with Crippen molar-refractivity contribution >= 4 is 17.7 Å². The maximum atomic E-state index is 11.6. The largest absolute Gasteiger partial charge is 0.461 e. The van der Waals surface area contributed by atoms with Crippen molar-refractivity contribution in [3.8, 4) is 0 Å². The van der Waals surface area contributed by atoms with Crippen LogP contribution < -0.4 is 5.32 Å². The third-order valence-corrected chi connectivity index (χ3v) is 2.48. The second kappa shape index (κ2) is 7.31. The Kier molecular flexibility index (Phi) is 5.73. The molecule has 0 fully saturated rings. The molecule has 0 saturated heterocycles. The van der Waals surface area contributed by atoms with Gasteiger partial charge in [0.2, 0.25) is 5.91 Å². The molecule has 0 bridgehead atoms. The molecule has 0 heterocycles. The molecule has 0 aliphatic rings. The van der Waals surface area contributed by atoms with E-state index in [-0.39, 0.29) is 24.7 Å². The standard InChI is InChI=1S/C14H17NO4/c1-10(16)13(15-11(2)17)8-14(18)19-9-12-6-4-3-5-7-12/h3-7,13H,8-9H2,1-2H3,(H,15,17). The Labute approximate surface area is 111 Å². The maximum absolute atomic E-state index is 11.6. The number of Topliss-reactive ketones (excluding diaryl/α,β-unsaturated/α-hetero) is 1. The van der Waals surface area contributed by atoms with E-state index in [0.717, 1.165) is 5.56 Å². The highest BCUT2D eigenvalue weighted by atomic mass is 16.5. The first kappa shape index (κ1) is 14.9. The summed E-state index contributed by atoms with van der Waals surface area (Å²) in [5.41, 5.74) is 0.870. The Balaban J connectivity index is 2.45. The molecule has 19 heavy (non-hydrogen) atoms. The van der Waals surface area contributed by atoms with E-state index in [1.54, 1.807) is 0 Å². The number of nitrogens with one attached hydrogen (secondary N) is 1. The van der Waals surface area contributed by atoms with Crippen LogP contribution in [0.4, 0.5) is 0 Å². The molecule has 0 saturated carbocycles. The van der Waals surface area contributed by atoms with Gasteiger partial charge in [-0.3, -0.25) is 14.4 Å². The molecular formula is C14H17NO4. The third-order valence-electron chi connectivity index (χ3n) is 2.48. The van der Waals surface area contributed by atoms with Crippen LogP contribution in [0.1, 0.15) is 25.8 Å². The molecule has 1 rings (SSSR count). The highest BCUT2D eigenvalue weighted by Gasteiger charge is 2.20. The number of rotatable bonds is 6. The first-order valence-electron chi connectivity index (χ1n) is 5.96. The summed E-state index contributed by atoms with van der Waals surface area (Å²) in [4.78, 5) is 33.8. The van der Waals surface area contributed by atoms with Crippen LogP contribution in [0.5, 0.6) is 0 Å². The SMILES string of the molecule is CC(=O)NC(CC(=O)OCc1ccccc1)C(C)=O. The highest BCUT2D eigenvalue weighted by molar-refractivity contribution is 5.90. The normalized spacial score (nSPS) is 11.5. The van der Waals surface area contributed by atoms with Crippen molar-refractivity contribution in [3.63, 3.8) is 0 Å². The van der Waals surface area contributed by atoms with Gasteiger partial charge in [0.05, 0.1) is 12.5 Å². The molecule has 0 spiro atoms. The summed E-state index contributed by atoms with van der Waals surface area (Å²) in [5, 5.41) is 2.42. The fraction of sp³-hybridized carbons (Fsp3) is 0.357. The van der Waals surface area contributed by atoms with Gasteiger partial charge in [-0.25, -0.2) is 0 Å². The minimum absolute atomic E-state index is 0.151. The molecule has 0 aliphatic carbocycles. The van der Waals surface area contributed by atoms with E-state index >= 15 is 0 Å². The van der Waals surface area contributed by atoms with E-state index in [1.807, 2.05) is 30.3 Å². The summed E-state index contributed by atoms with van der Waals surface area (Å²) >= 11 is 0. The number of ketones is 1. The van der Waals surface area contributed by atoms with Gasteiger partial charge in [0.15, 0.2) is 5.78 Å². The molecule has 0 radical (unpaired) electrons. The molecule has 0 aliphatic heterocycles. The van der Waals surface area contributed by atoms with Crippen LogP contribution in [0.15, 0.2) is 30.3 Å². The number of carbonyl (C=O) groups is 3. The number of hydrogen-bond acceptors (Lipinski definition) is 4. The summed E-state index contributed by atoms with van der Waals surface area (Å²) in [6.45, 7) is 2.78. The number of amides is 1. The van der Waals surface area contributed by atoms with Gasteiger partial charge in [-0.1, -0.05) is 30.3 Å². The van der Waals surface area contributed by atoms with E-state index in [0.29, 0.717) is 0 Å². The molecule has 1 aromatic carbocycles. The minimum atomic E-state index is -0.819. The van der Waals surface area contributed by atoms with Crippen LogP contribution in [-0.4, -0.2) is 23.7 Å². The predicted octanol–water partition coefficient (Wildman–Crippen LogP) is 1.21. The van der Waals surface area contributed by atoms with Gasteiger partial charge in [-0.2, -0.15) is 0 Å². The zero-order valence-electron chi connectivity index (χ0n) is 11.0. The van der Waals surface area contributed by atoms with E-state index in [9.17, 15) is 14.4 Å². The van der Waals surface area contributed by atoms with Gasteiger partial charge in [-0.05, 0) is 12.5 Å². The number of ether oxygens (including phenoxy) is 1. The fourth-order valence-corrected chi connectivity index (χ4v) is 1.51. The van der Waals surface area contributed by atoms with Crippen LogP contribution in [0.2, 0.25) is 0 Å². The van der Waals surface area contributed by atoms with Crippen LogP contribution in [-0.2, 0) is 25.7 Å². The second-order valence-corrected chi connectivity index (χ2v) is 4.21. The van der Waals surface area contributed by atoms with Crippen LogP contribution >= 0.6 is 0 Å². The van der Waals surface area contributed by atoms with Crippen molar-refractivity contribution in [3.05, 3.63) is 35.9 Å². The van der Waals surface area contributed by atoms with Crippen molar-refractivity contribution in [2.24, 2.45) is 0 Å². The second-order valence-electron chi connectivity index (χ2n) is 4.21. The van der Waals surface area contributed by atoms with E-state index in [4.69, 9.17) is 4.74 Å².